The molecule has 0 saturated carbocycles. The SMILES string of the molecule is CCNCc1ccc(Cl)cc1N1CCC(C)(C)CC1. The summed E-state index contributed by atoms with van der Waals surface area (Å²) >= 11 is 6.18. The minimum absolute atomic E-state index is 0.483. The number of rotatable bonds is 4. The Hall–Kier alpha value is -0.730. The number of anilines is 1. The molecule has 0 aromatic heterocycles. The van der Waals surface area contributed by atoms with Crippen LogP contribution in [0.1, 0.15) is 39.2 Å². The third-order valence-electron chi connectivity index (χ3n) is 4.07. The van der Waals surface area contributed by atoms with Gasteiger partial charge in [-0.15, -0.1) is 0 Å². The lowest BCUT2D eigenvalue weighted by Crippen LogP contribution is -2.38. The second kappa shape index (κ2) is 6.15. The molecule has 2 rings (SSSR count). The number of nitrogens with one attached hydrogen (secondary N) is 1. The molecule has 0 radical (unpaired) electrons. The number of hydrogen-bond donors (Lipinski definition) is 1. The third-order valence-corrected chi connectivity index (χ3v) is 4.31. The van der Waals surface area contributed by atoms with E-state index in [2.05, 4.69) is 43.1 Å². The molecule has 1 aromatic rings. The Bertz CT molecular complexity index is 419. The molecule has 0 aliphatic carbocycles. The van der Waals surface area contributed by atoms with Crippen LogP contribution in [-0.4, -0.2) is 19.6 Å². The van der Waals surface area contributed by atoms with E-state index in [1.54, 1.807) is 0 Å². The number of halogens is 1. The Balaban J connectivity index is 2.16. The van der Waals surface area contributed by atoms with Gasteiger partial charge in [-0.1, -0.05) is 38.4 Å². The molecule has 106 valence electrons. The fourth-order valence-corrected chi connectivity index (χ4v) is 2.76. The molecular formula is C16H25ClN2. The van der Waals surface area contributed by atoms with Crippen LogP contribution in [0.15, 0.2) is 18.2 Å². The standard InChI is InChI=1S/C16H25ClN2/c1-4-18-12-13-5-6-14(17)11-15(13)19-9-7-16(2,3)8-10-19/h5-6,11,18H,4,7-10,12H2,1-3H3. The molecule has 1 aliphatic heterocycles. The van der Waals surface area contributed by atoms with Gasteiger partial charge in [0.15, 0.2) is 0 Å². The fourth-order valence-electron chi connectivity index (χ4n) is 2.59. The summed E-state index contributed by atoms with van der Waals surface area (Å²) in [7, 11) is 0. The highest BCUT2D eigenvalue weighted by Gasteiger charge is 2.26. The van der Waals surface area contributed by atoms with Gasteiger partial charge in [0.1, 0.15) is 0 Å². The minimum Gasteiger partial charge on any atom is -0.371 e. The molecule has 1 saturated heterocycles. The lowest BCUT2D eigenvalue weighted by Gasteiger charge is -2.39. The van der Waals surface area contributed by atoms with Crippen molar-refractivity contribution >= 4 is 17.3 Å². The smallest absolute Gasteiger partial charge is 0.0426 e. The first-order valence-electron chi connectivity index (χ1n) is 7.26. The van der Waals surface area contributed by atoms with Crippen molar-refractivity contribution in [1.82, 2.24) is 5.32 Å². The van der Waals surface area contributed by atoms with Crippen LogP contribution in [0, 0.1) is 5.41 Å². The summed E-state index contributed by atoms with van der Waals surface area (Å²) < 4.78 is 0. The third kappa shape index (κ3) is 3.87. The van der Waals surface area contributed by atoms with Crippen molar-refractivity contribution in [3.63, 3.8) is 0 Å². The van der Waals surface area contributed by atoms with Crippen molar-refractivity contribution in [2.45, 2.75) is 40.2 Å². The molecule has 0 spiro atoms. The van der Waals surface area contributed by atoms with Crippen molar-refractivity contribution in [2.75, 3.05) is 24.5 Å². The van der Waals surface area contributed by atoms with Crippen LogP contribution in [0.4, 0.5) is 5.69 Å². The molecule has 0 unspecified atom stereocenters. The van der Waals surface area contributed by atoms with E-state index in [0.29, 0.717) is 5.41 Å². The number of nitrogens with zero attached hydrogens (tertiary/aromatic N) is 1. The Labute approximate surface area is 122 Å². The van der Waals surface area contributed by atoms with Gasteiger partial charge in [0.2, 0.25) is 0 Å². The van der Waals surface area contributed by atoms with E-state index in [4.69, 9.17) is 11.6 Å². The second-order valence-corrected chi connectivity index (χ2v) is 6.64. The van der Waals surface area contributed by atoms with Gasteiger partial charge in [-0.3, -0.25) is 0 Å². The maximum Gasteiger partial charge on any atom is 0.0426 e. The predicted molar refractivity (Wildman–Crippen MR) is 84.1 cm³/mol. The summed E-state index contributed by atoms with van der Waals surface area (Å²) in [6.07, 6.45) is 2.50. The van der Waals surface area contributed by atoms with Crippen LogP contribution < -0.4 is 10.2 Å². The molecule has 19 heavy (non-hydrogen) atoms. The van der Waals surface area contributed by atoms with E-state index in [0.717, 1.165) is 31.2 Å². The number of piperidine rings is 1. The number of benzene rings is 1. The molecule has 1 heterocycles. The first kappa shape index (κ1) is 14.7. The van der Waals surface area contributed by atoms with Gasteiger partial charge in [0, 0.05) is 30.3 Å². The van der Waals surface area contributed by atoms with Crippen LogP contribution in [0.2, 0.25) is 5.02 Å². The van der Waals surface area contributed by atoms with E-state index in [9.17, 15) is 0 Å². The molecule has 1 aromatic carbocycles. The van der Waals surface area contributed by atoms with Crippen LogP contribution in [0.25, 0.3) is 0 Å². The lowest BCUT2D eigenvalue weighted by atomic mass is 9.82. The lowest BCUT2D eigenvalue weighted by molar-refractivity contribution is 0.279. The van der Waals surface area contributed by atoms with Crippen LogP contribution >= 0.6 is 11.6 Å². The first-order valence-corrected chi connectivity index (χ1v) is 7.64. The normalized spacial score (nSPS) is 18.6. The Kier molecular flexibility index (Phi) is 4.75. The highest BCUT2D eigenvalue weighted by Crippen LogP contribution is 2.34. The van der Waals surface area contributed by atoms with Crippen LogP contribution in [0.3, 0.4) is 0 Å². The predicted octanol–water partition coefficient (Wildman–Crippen LogP) is 4.08. The van der Waals surface area contributed by atoms with E-state index in [1.165, 1.54) is 24.1 Å². The van der Waals surface area contributed by atoms with Crippen molar-refractivity contribution in [1.29, 1.82) is 0 Å². The maximum absolute atomic E-state index is 6.18. The molecule has 3 heteroatoms. The molecular weight excluding hydrogens is 256 g/mol. The van der Waals surface area contributed by atoms with Gasteiger partial charge < -0.3 is 10.2 Å². The Morgan fingerprint density at radius 1 is 1.26 bits per heavy atom. The Morgan fingerprint density at radius 2 is 1.95 bits per heavy atom. The summed E-state index contributed by atoms with van der Waals surface area (Å²) in [5.74, 6) is 0. The highest BCUT2D eigenvalue weighted by molar-refractivity contribution is 6.30. The Morgan fingerprint density at radius 3 is 2.58 bits per heavy atom. The van der Waals surface area contributed by atoms with Gasteiger partial charge in [0.25, 0.3) is 0 Å². The monoisotopic (exact) mass is 280 g/mol. The topological polar surface area (TPSA) is 15.3 Å². The molecule has 1 fully saturated rings. The minimum atomic E-state index is 0.483. The molecule has 0 amide bonds. The average molecular weight is 281 g/mol. The van der Waals surface area contributed by atoms with Crippen LogP contribution in [0.5, 0.6) is 0 Å². The van der Waals surface area contributed by atoms with E-state index >= 15 is 0 Å². The largest absolute Gasteiger partial charge is 0.371 e. The van der Waals surface area contributed by atoms with Crippen molar-refractivity contribution < 1.29 is 0 Å². The zero-order chi connectivity index (χ0) is 13.9. The molecule has 1 aliphatic rings. The molecule has 0 bridgehead atoms. The van der Waals surface area contributed by atoms with E-state index in [1.807, 2.05) is 6.07 Å². The fraction of sp³-hybridized carbons (Fsp3) is 0.625. The van der Waals surface area contributed by atoms with Crippen molar-refractivity contribution in [2.24, 2.45) is 5.41 Å². The zero-order valence-electron chi connectivity index (χ0n) is 12.3. The summed E-state index contributed by atoms with van der Waals surface area (Å²) in [4.78, 5) is 2.49. The first-order chi connectivity index (χ1) is 9.02. The summed E-state index contributed by atoms with van der Waals surface area (Å²) in [5, 5.41) is 4.24. The number of hydrogen-bond acceptors (Lipinski definition) is 2. The van der Waals surface area contributed by atoms with Crippen molar-refractivity contribution in [3.8, 4) is 0 Å². The van der Waals surface area contributed by atoms with E-state index in [-0.39, 0.29) is 0 Å². The van der Waals surface area contributed by atoms with Gasteiger partial charge >= 0.3 is 0 Å². The summed E-state index contributed by atoms with van der Waals surface area (Å²) in [5.41, 5.74) is 3.14. The zero-order valence-corrected chi connectivity index (χ0v) is 13.1. The molecule has 2 nitrogen and oxygen atoms in total. The van der Waals surface area contributed by atoms with E-state index < -0.39 is 0 Å². The van der Waals surface area contributed by atoms with Gasteiger partial charge in [-0.05, 0) is 42.5 Å². The van der Waals surface area contributed by atoms with Gasteiger partial charge in [0.05, 0.1) is 0 Å². The highest BCUT2D eigenvalue weighted by atomic mass is 35.5. The average Bonchev–Trinajstić information content (AvgIpc) is 2.37. The quantitative estimate of drug-likeness (QED) is 0.894. The maximum atomic E-state index is 6.18. The second-order valence-electron chi connectivity index (χ2n) is 6.20. The molecule has 1 N–H and O–H groups in total. The van der Waals surface area contributed by atoms with Crippen molar-refractivity contribution in [3.05, 3.63) is 28.8 Å². The molecule has 0 atom stereocenters. The van der Waals surface area contributed by atoms with Gasteiger partial charge in [-0.25, -0.2) is 0 Å². The van der Waals surface area contributed by atoms with Crippen LogP contribution in [-0.2, 0) is 6.54 Å². The van der Waals surface area contributed by atoms with Gasteiger partial charge in [-0.2, -0.15) is 0 Å². The summed E-state index contributed by atoms with van der Waals surface area (Å²) in [6.45, 7) is 11.0. The summed E-state index contributed by atoms with van der Waals surface area (Å²) in [6, 6.07) is 6.26.